The lowest BCUT2D eigenvalue weighted by Gasteiger charge is -2.43. The third-order valence-electron chi connectivity index (χ3n) is 6.81. The fraction of sp³-hybridized carbons (Fsp3) is 0.500. The second-order valence-corrected chi connectivity index (χ2v) is 9.00. The van der Waals surface area contributed by atoms with E-state index >= 15 is 0 Å². The molecule has 3 heterocycles. The zero-order valence-electron chi connectivity index (χ0n) is 18.7. The van der Waals surface area contributed by atoms with E-state index in [1.54, 1.807) is 0 Å². The number of aromatic nitrogens is 1. The first-order chi connectivity index (χ1) is 15.7. The molecule has 1 N–H and O–H groups in total. The number of carbonyl (C=O) groups excluding carboxylic acids is 1. The van der Waals surface area contributed by atoms with Crippen LogP contribution in [0.2, 0.25) is 0 Å². The minimum Gasteiger partial charge on any atom is -0.356 e. The average Bonchev–Trinajstić information content (AvgIpc) is 2.86. The summed E-state index contributed by atoms with van der Waals surface area (Å²) in [5.74, 6) is 0.200. The third-order valence-corrected chi connectivity index (χ3v) is 6.81. The molecule has 1 aromatic carbocycles. The lowest BCUT2D eigenvalue weighted by atomic mass is 9.88. The number of carbonyl (C=O) groups is 1. The van der Waals surface area contributed by atoms with Crippen LogP contribution in [0, 0.1) is 17.2 Å². The summed E-state index contributed by atoms with van der Waals surface area (Å²) in [5.41, 5.74) is 3.04. The summed E-state index contributed by atoms with van der Waals surface area (Å²) in [6.45, 7) is 5.07. The SMILES string of the molecule is N#Cc1ccccc1CN1CCC2C(=O)NCCCCCCN(Cc3ccncc3)C2C1. The van der Waals surface area contributed by atoms with Crippen molar-refractivity contribution in [3.05, 3.63) is 65.5 Å². The molecule has 2 atom stereocenters. The highest BCUT2D eigenvalue weighted by atomic mass is 16.1. The van der Waals surface area contributed by atoms with Gasteiger partial charge in [-0.15, -0.1) is 0 Å². The molecular weight excluding hydrogens is 398 g/mol. The lowest BCUT2D eigenvalue weighted by molar-refractivity contribution is -0.129. The van der Waals surface area contributed by atoms with Crippen LogP contribution in [-0.4, -0.2) is 52.9 Å². The molecular formula is C26H33N5O. The van der Waals surface area contributed by atoms with E-state index in [-0.39, 0.29) is 17.9 Å². The van der Waals surface area contributed by atoms with Crippen molar-refractivity contribution < 1.29 is 4.79 Å². The molecule has 32 heavy (non-hydrogen) atoms. The Balaban J connectivity index is 1.57. The maximum absolute atomic E-state index is 13.1. The van der Waals surface area contributed by atoms with Crippen LogP contribution in [0.1, 0.15) is 48.8 Å². The van der Waals surface area contributed by atoms with Gasteiger partial charge >= 0.3 is 0 Å². The Hall–Kier alpha value is -2.75. The Morgan fingerprint density at radius 3 is 2.69 bits per heavy atom. The second-order valence-electron chi connectivity index (χ2n) is 9.00. The van der Waals surface area contributed by atoms with E-state index in [4.69, 9.17) is 0 Å². The number of amides is 1. The van der Waals surface area contributed by atoms with E-state index in [9.17, 15) is 10.1 Å². The van der Waals surface area contributed by atoms with Gasteiger partial charge in [0, 0.05) is 44.6 Å². The zero-order valence-corrected chi connectivity index (χ0v) is 18.7. The van der Waals surface area contributed by atoms with Crippen molar-refractivity contribution in [2.24, 2.45) is 5.92 Å². The van der Waals surface area contributed by atoms with E-state index in [0.717, 1.165) is 76.1 Å². The van der Waals surface area contributed by atoms with Crippen molar-refractivity contribution in [1.82, 2.24) is 20.1 Å². The van der Waals surface area contributed by atoms with E-state index in [2.05, 4.69) is 38.3 Å². The molecule has 6 heteroatoms. The average molecular weight is 432 g/mol. The Labute approximate surface area is 191 Å². The molecule has 2 aliphatic rings. The number of nitrogens with zero attached hydrogens (tertiary/aromatic N) is 4. The fourth-order valence-electron chi connectivity index (χ4n) is 5.05. The highest BCUT2D eigenvalue weighted by Gasteiger charge is 2.37. The van der Waals surface area contributed by atoms with Gasteiger partial charge in [0.25, 0.3) is 0 Å². The van der Waals surface area contributed by atoms with Crippen LogP contribution >= 0.6 is 0 Å². The molecule has 6 nitrogen and oxygen atoms in total. The van der Waals surface area contributed by atoms with Crippen molar-refractivity contribution in [2.75, 3.05) is 26.2 Å². The number of fused-ring (bicyclic) bond motifs is 1. The van der Waals surface area contributed by atoms with Crippen LogP contribution in [-0.2, 0) is 17.9 Å². The van der Waals surface area contributed by atoms with Crippen LogP contribution < -0.4 is 5.32 Å². The van der Waals surface area contributed by atoms with Crippen LogP contribution in [0.15, 0.2) is 48.8 Å². The molecule has 2 saturated heterocycles. The molecule has 2 aromatic rings. The van der Waals surface area contributed by atoms with Gasteiger partial charge in [-0.25, -0.2) is 0 Å². The Kier molecular flexibility index (Phi) is 7.87. The Morgan fingerprint density at radius 2 is 1.84 bits per heavy atom. The van der Waals surface area contributed by atoms with Crippen molar-refractivity contribution in [3.63, 3.8) is 0 Å². The molecule has 2 fully saturated rings. The molecule has 0 spiro atoms. The number of likely N-dealkylation sites (tertiary alicyclic amines) is 1. The summed E-state index contributed by atoms with van der Waals surface area (Å²) in [5, 5.41) is 12.7. The number of benzene rings is 1. The Bertz CT molecular complexity index is 925. The van der Waals surface area contributed by atoms with Crippen LogP contribution in [0.3, 0.4) is 0 Å². The summed E-state index contributed by atoms with van der Waals surface area (Å²) in [6.07, 6.45) is 9.10. The Morgan fingerprint density at radius 1 is 1.03 bits per heavy atom. The van der Waals surface area contributed by atoms with Crippen LogP contribution in [0.25, 0.3) is 0 Å². The normalized spacial score (nSPS) is 23.4. The maximum Gasteiger partial charge on any atom is 0.224 e. The fourth-order valence-corrected chi connectivity index (χ4v) is 5.05. The first-order valence-electron chi connectivity index (χ1n) is 11.9. The summed E-state index contributed by atoms with van der Waals surface area (Å²) >= 11 is 0. The zero-order chi connectivity index (χ0) is 22.2. The van der Waals surface area contributed by atoms with Gasteiger partial charge in [0.2, 0.25) is 5.91 Å². The van der Waals surface area contributed by atoms with Gasteiger partial charge in [-0.2, -0.15) is 5.26 Å². The monoisotopic (exact) mass is 431 g/mol. The number of rotatable bonds is 4. The van der Waals surface area contributed by atoms with Crippen LogP contribution in [0.4, 0.5) is 0 Å². The highest BCUT2D eigenvalue weighted by molar-refractivity contribution is 5.79. The molecule has 2 aliphatic heterocycles. The quantitative estimate of drug-likeness (QED) is 0.804. The minimum atomic E-state index is -0.00241. The molecule has 168 valence electrons. The van der Waals surface area contributed by atoms with Crippen molar-refractivity contribution >= 4 is 5.91 Å². The summed E-state index contributed by atoms with van der Waals surface area (Å²) in [4.78, 5) is 22.2. The van der Waals surface area contributed by atoms with E-state index < -0.39 is 0 Å². The van der Waals surface area contributed by atoms with Crippen molar-refractivity contribution in [1.29, 1.82) is 5.26 Å². The molecule has 1 amide bonds. The predicted molar refractivity (Wildman–Crippen MR) is 124 cm³/mol. The number of pyridine rings is 1. The number of nitrogens with one attached hydrogen (secondary N) is 1. The molecule has 0 bridgehead atoms. The van der Waals surface area contributed by atoms with Crippen molar-refractivity contribution in [2.45, 2.75) is 51.2 Å². The summed E-state index contributed by atoms with van der Waals surface area (Å²) in [7, 11) is 0. The van der Waals surface area contributed by atoms with Gasteiger partial charge in [-0.05, 0) is 61.7 Å². The molecule has 0 saturated carbocycles. The summed E-state index contributed by atoms with van der Waals surface area (Å²) in [6, 6.07) is 14.5. The van der Waals surface area contributed by atoms with Gasteiger partial charge in [0.1, 0.15) is 0 Å². The molecule has 0 aliphatic carbocycles. The number of nitriles is 1. The predicted octanol–water partition coefficient (Wildman–Crippen LogP) is 3.34. The molecule has 1 aromatic heterocycles. The number of hydrogen-bond donors (Lipinski definition) is 1. The first kappa shape index (κ1) is 22.4. The first-order valence-corrected chi connectivity index (χ1v) is 11.9. The number of piperidine rings is 1. The molecule has 0 radical (unpaired) electrons. The lowest BCUT2D eigenvalue weighted by Crippen LogP contribution is -2.56. The molecule has 2 unspecified atom stereocenters. The van der Waals surface area contributed by atoms with Gasteiger partial charge in [-0.1, -0.05) is 31.0 Å². The van der Waals surface area contributed by atoms with E-state index in [1.165, 1.54) is 12.0 Å². The summed E-state index contributed by atoms with van der Waals surface area (Å²) < 4.78 is 0. The van der Waals surface area contributed by atoms with Gasteiger partial charge in [0.15, 0.2) is 0 Å². The highest BCUT2D eigenvalue weighted by Crippen LogP contribution is 2.27. The van der Waals surface area contributed by atoms with Gasteiger partial charge in [0.05, 0.1) is 17.6 Å². The van der Waals surface area contributed by atoms with E-state index in [0.29, 0.717) is 0 Å². The smallest absolute Gasteiger partial charge is 0.224 e. The van der Waals surface area contributed by atoms with Gasteiger partial charge in [-0.3, -0.25) is 19.6 Å². The largest absolute Gasteiger partial charge is 0.356 e. The van der Waals surface area contributed by atoms with Crippen molar-refractivity contribution in [3.8, 4) is 6.07 Å². The van der Waals surface area contributed by atoms with Crippen LogP contribution in [0.5, 0.6) is 0 Å². The molecule has 4 rings (SSSR count). The topological polar surface area (TPSA) is 72.3 Å². The number of hydrogen-bond acceptors (Lipinski definition) is 5. The standard InChI is InChI=1S/C26H33N5O/c27-17-22-7-3-4-8-23(22)19-30-16-11-24-25(20-30)31(18-21-9-13-28-14-10-21)15-6-2-1-5-12-29-26(24)32/h3-4,7-10,13-14,24-25H,1-2,5-6,11-12,15-16,18-20H2,(H,29,32). The maximum atomic E-state index is 13.1. The minimum absolute atomic E-state index is 0.00241. The third kappa shape index (κ3) is 5.73. The second kappa shape index (κ2) is 11.2. The van der Waals surface area contributed by atoms with E-state index in [1.807, 2.05) is 36.7 Å². The van der Waals surface area contributed by atoms with Gasteiger partial charge < -0.3 is 5.32 Å².